The SMILES string of the molecule is COc1ccc(NC(=O)N2CCC[C@H](C(=O)O)C2)cc1. The van der Waals surface area contributed by atoms with E-state index in [1.165, 1.54) is 0 Å². The summed E-state index contributed by atoms with van der Waals surface area (Å²) in [6, 6.07) is 6.74. The first-order chi connectivity index (χ1) is 9.60. The molecule has 108 valence electrons. The highest BCUT2D eigenvalue weighted by molar-refractivity contribution is 5.89. The molecule has 0 radical (unpaired) electrons. The van der Waals surface area contributed by atoms with Crippen molar-refractivity contribution in [1.29, 1.82) is 0 Å². The van der Waals surface area contributed by atoms with Gasteiger partial charge >= 0.3 is 12.0 Å². The number of ether oxygens (including phenoxy) is 1. The van der Waals surface area contributed by atoms with Crippen molar-refractivity contribution in [1.82, 2.24) is 4.90 Å². The van der Waals surface area contributed by atoms with Crippen LogP contribution in [0.3, 0.4) is 0 Å². The lowest BCUT2D eigenvalue weighted by Crippen LogP contribution is -2.44. The van der Waals surface area contributed by atoms with E-state index in [2.05, 4.69) is 5.32 Å². The monoisotopic (exact) mass is 278 g/mol. The van der Waals surface area contributed by atoms with E-state index in [9.17, 15) is 9.59 Å². The summed E-state index contributed by atoms with van der Waals surface area (Å²) in [5, 5.41) is 11.8. The molecule has 6 nitrogen and oxygen atoms in total. The molecule has 0 spiro atoms. The molecule has 0 bridgehead atoms. The quantitative estimate of drug-likeness (QED) is 0.886. The highest BCUT2D eigenvalue weighted by Gasteiger charge is 2.28. The van der Waals surface area contributed by atoms with Crippen molar-refractivity contribution in [2.24, 2.45) is 5.92 Å². The molecule has 1 heterocycles. The van der Waals surface area contributed by atoms with E-state index >= 15 is 0 Å². The fourth-order valence-corrected chi connectivity index (χ4v) is 2.24. The Morgan fingerprint density at radius 2 is 2.05 bits per heavy atom. The molecular weight excluding hydrogens is 260 g/mol. The van der Waals surface area contributed by atoms with Gasteiger partial charge in [-0.15, -0.1) is 0 Å². The third-order valence-corrected chi connectivity index (χ3v) is 3.40. The van der Waals surface area contributed by atoms with Crippen LogP contribution >= 0.6 is 0 Å². The molecule has 1 saturated heterocycles. The first-order valence-electron chi connectivity index (χ1n) is 6.53. The highest BCUT2D eigenvalue weighted by atomic mass is 16.5. The van der Waals surface area contributed by atoms with Crippen molar-refractivity contribution in [2.45, 2.75) is 12.8 Å². The summed E-state index contributed by atoms with van der Waals surface area (Å²) in [4.78, 5) is 24.6. The molecule has 1 aromatic carbocycles. The summed E-state index contributed by atoms with van der Waals surface area (Å²) >= 11 is 0. The van der Waals surface area contributed by atoms with Crippen molar-refractivity contribution in [3.8, 4) is 5.75 Å². The number of hydrogen-bond acceptors (Lipinski definition) is 3. The molecule has 1 aliphatic rings. The number of benzene rings is 1. The molecule has 0 unspecified atom stereocenters. The van der Waals surface area contributed by atoms with Crippen LogP contribution in [0.25, 0.3) is 0 Å². The number of urea groups is 1. The molecule has 1 aliphatic heterocycles. The number of carboxylic acid groups (broad SMARTS) is 1. The zero-order valence-electron chi connectivity index (χ0n) is 11.3. The maximum absolute atomic E-state index is 12.1. The summed E-state index contributed by atoms with van der Waals surface area (Å²) in [5.41, 5.74) is 0.660. The van der Waals surface area contributed by atoms with Gasteiger partial charge in [0, 0.05) is 18.8 Å². The summed E-state index contributed by atoms with van der Waals surface area (Å²) in [5.74, 6) is -0.593. The first kappa shape index (κ1) is 14.2. The number of anilines is 1. The van der Waals surface area contributed by atoms with Crippen molar-refractivity contribution in [2.75, 3.05) is 25.5 Å². The second-order valence-electron chi connectivity index (χ2n) is 4.78. The van der Waals surface area contributed by atoms with E-state index in [0.29, 0.717) is 30.8 Å². The zero-order valence-corrected chi connectivity index (χ0v) is 11.3. The summed E-state index contributed by atoms with van der Waals surface area (Å²) in [7, 11) is 1.58. The smallest absolute Gasteiger partial charge is 0.321 e. The summed E-state index contributed by atoms with van der Waals surface area (Å²) in [6.45, 7) is 0.850. The van der Waals surface area contributed by atoms with Crippen molar-refractivity contribution in [3.63, 3.8) is 0 Å². The minimum Gasteiger partial charge on any atom is -0.497 e. The number of nitrogens with zero attached hydrogens (tertiary/aromatic N) is 1. The zero-order chi connectivity index (χ0) is 14.5. The van der Waals surface area contributed by atoms with Crippen molar-refractivity contribution >= 4 is 17.7 Å². The third-order valence-electron chi connectivity index (χ3n) is 3.40. The molecule has 1 fully saturated rings. The molecule has 0 saturated carbocycles. The minimum atomic E-state index is -0.841. The van der Waals surface area contributed by atoms with E-state index in [-0.39, 0.29) is 12.6 Å². The molecule has 0 aromatic heterocycles. The van der Waals surface area contributed by atoms with E-state index in [4.69, 9.17) is 9.84 Å². The van der Waals surface area contributed by atoms with Crippen molar-refractivity contribution in [3.05, 3.63) is 24.3 Å². The number of carbonyl (C=O) groups excluding carboxylic acids is 1. The van der Waals surface area contributed by atoms with Gasteiger partial charge in [-0.25, -0.2) is 4.79 Å². The molecule has 1 atom stereocenters. The van der Waals surface area contributed by atoms with Gasteiger partial charge in [-0.3, -0.25) is 4.79 Å². The number of hydrogen-bond donors (Lipinski definition) is 2. The van der Waals surface area contributed by atoms with Crippen LogP contribution < -0.4 is 10.1 Å². The Kier molecular flexibility index (Phi) is 4.45. The van der Waals surface area contributed by atoms with Gasteiger partial charge in [-0.1, -0.05) is 0 Å². The number of nitrogens with one attached hydrogen (secondary N) is 1. The van der Waals surface area contributed by atoms with Crippen LogP contribution in [0.2, 0.25) is 0 Å². The number of methoxy groups -OCH3 is 1. The van der Waals surface area contributed by atoms with E-state index < -0.39 is 11.9 Å². The van der Waals surface area contributed by atoms with Crippen LogP contribution in [-0.4, -0.2) is 42.2 Å². The number of aliphatic carboxylic acids is 1. The maximum atomic E-state index is 12.1. The Labute approximate surface area is 117 Å². The summed E-state index contributed by atoms with van der Waals surface area (Å²) < 4.78 is 5.04. The van der Waals surface area contributed by atoms with Gasteiger partial charge in [0.1, 0.15) is 5.75 Å². The third kappa shape index (κ3) is 3.40. The van der Waals surface area contributed by atoms with Crippen LogP contribution in [0.1, 0.15) is 12.8 Å². The molecule has 20 heavy (non-hydrogen) atoms. The average molecular weight is 278 g/mol. The molecule has 1 aromatic rings. The van der Waals surface area contributed by atoms with E-state index in [1.54, 1.807) is 36.3 Å². The van der Waals surface area contributed by atoms with Crippen LogP contribution in [0.5, 0.6) is 5.75 Å². The summed E-state index contributed by atoms with van der Waals surface area (Å²) in [6.07, 6.45) is 1.34. The predicted molar refractivity (Wildman–Crippen MR) is 73.9 cm³/mol. The standard InChI is InChI=1S/C14H18N2O4/c1-20-12-6-4-11(5-7-12)15-14(19)16-8-2-3-10(9-16)13(17)18/h4-7,10H,2-3,8-9H2,1H3,(H,15,19)(H,17,18)/t10-/m0/s1. The Balaban J connectivity index is 1.95. The molecule has 6 heteroatoms. The Morgan fingerprint density at radius 1 is 1.35 bits per heavy atom. The lowest BCUT2D eigenvalue weighted by atomic mass is 9.99. The average Bonchev–Trinajstić information content (AvgIpc) is 2.48. The van der Waals surface area contributed by atoms with Crippen LogP contribution in [0.4, 0.5) is 10.5 Å². The van der Waals surface area contributed by atoms with Crippen LogP contribution in [-0.2, 0) is 4.79 Å². The number of likely N-dealkylation sites (tertiary alicyclic amines) is 1. The van der Waals surface area contributed by atoms with Crippen LogP contribution in [0, 0.1) is 5.92 Å². The topological polar surface area (TPSA) is 78.9 Å². The van der Waals surface area contributed by atoms with Gasteiger partial charge in [0.15, 0.2) is 0 Å². The number of rotatable bonds is 3. The number of carbonyl (C=O) groups is 2. The molecule has 2 amide bonds. The van der Waals surface area contributed by atoms with E-state index in [0.717, 1.165) is 0 Å². The van der Waals surface area contributed by atoms with Crippen LogP contribution in [0.15, 0.2) is 24.3 Å². The Hall–Kier alpha value is -2.24. The molecule has 2 rings (SSSR count). The van der Waals surface area contributed by atoms with Gasteiger partial charge in [0.05, 0.1) is 13.0 Å². The Morgan fingerprint density at radius 3 is 2.65 bits per heavy atom. The molecule has 0 aliphatic carbocycles. The lowest BCUT2D eigenvalue weighted by molar-refractivity contribution is -0.143. The number of carboxylic acids is 1. The fourth-order valence-electron chi connectivity index (χ4n) is 2.24. The highest BCUT2D eigenvalue weighted by Crippen LogP contribution is 2.19. The van der Waals surface area contributed by atoms with Gasteiger partial charge < -0.3 is 20.1 Å². The molecular formula is C14H18N2O4. The largest absolute Gasteiger partial charge is 0.497 e. The van der Waals surface area contributed by atoms with Gasteiger partial charge in [-0.2, -0.15) is 0 Å². The predicted octanol–water partition coefficient (Wildman–Crippen LogP) is 2.02. The normalized spacial score (nSPS) is 18.4. The number of amides is 2. The van der Waals surface area contributed by atoms with Gasteiger partial charge in [0.2, 0.25) is 0 Å². The van der Waals surface area contributed by atoms with Gasteiger partial charge in [-0.05, 0) is 37.1 Å². The van der Waals surface area contributed by atoms with E-state index in [1.807, 2.05) is 0 Å². The van der Waals surface area contributed by atoms with Gasteiger partial charge in [0.25, 0.3) is 0 Å². The first-order valence-corrected chi connectivity index (χ1v) is 6.53. The second kappa shape index (κ2) is 6.27. The Bertz CT molecular complexity index is 486. The fraction of sp³-hybridized carbons (Fsp3) is 0.429. The number of piperidine rings is 1. The minimum absolute atomic E-state index is 0.261. The maximum Gasteiger partial charge on any atom is 0.321 e. The second-order valence-corrected chi connectivity index (χ2v) is 4.78. The molecule has 2 N–H and O–H groups in total. The lowest BCUT2D eigenvalue weighted by Gasteiger charge is -2.30. The van der Waals surface area contributed by atoms with Crippen molar-refractivity contribution < 1.29 is 19.4 Å².